The van der Waals surface area contributed by atoms with Crippen LogP contribution < -0.4 is 5.32 Å². The lowest BCUT2D eigenvalue weighted by Crippen LogP contribution is -2.10. The SMILES string of the molecule is Cc1csc(C(C)Nc2ncnc(Cl)c2[N+](=O)[O-])n1. The molecule has 100 valence electrons. The average Bonchev–Trinajstić information content (AvgIpc) is 2.75. The summed E-state index contributed by atoms with van der Waals surface area (Å²) in [6.07, 6.45) is 1.18. The third-order valence-electron chi connectivity index (χ3n) is 2.32. The average molecular weight is 300 g/mol. The second kappa shape index (κ2) is 5.45. The van der Waals surface area contributed by atoms with Crippen LogP contribution in [0, 0.1) is 17.0 Å². The van der Waals surface area contributed by atoms with Gasteiger partial charge in [-0.2, -0.15) is 0 Å². The topological polar surface area (TPSA) is 93.8 Å². The van der Waals surface area contributed by atoms with Crippen molar-refractivity contribution in [2.45, 2.75) is 19.9 Å². The molecule has 0 saturated heterocycles. The van der Waals surface area contributed by atoms with Gasteiger partial charge in [0.2, 0.25) is 11.0 Å². The molecule has 1 atom stereocenters. The van der Waals surface area contributed by atoms with Gasteiger partial charge in [-0.05, 0) is 13.8 Å². The van der Waals surface area contributed by atoms with Crippen molar-refractivity contribution in [3.05, 3.63) is 37.7 Å². The van der Waals surface area contributed by atoms with Gasteiger partial charge < -0.3 is 5.32 Å². The van der Waals surface area contributed by atoms with Crippen molar-refractivity contribution in [2.75, 3.05) is 5.32 Å². The van der Waals surface area contributed by atoms with Gasteiger partial charge in [0.15, 0.2) is 0 Å². The van der Waals surface area contributed by atoms with Crippen molar-refractivity contribution in [2.24, 2.45) is 0 Å². The summed E-state index contributed by atoms with van der Waals surface area (Å²) in [5, 5.41) is 16.4. The first-order valence-corrected chi connectivity index (χ1v) is 6.58. The van der Waals surface area contributed by atoms with E-state index in [9.17, 15) is 10.1 Å². The Morgan fingerprint density at radius 3 is 2.84 bits per heavy atom. The summed E-state index contributed by atoms with van der Waals surface area (Å²) in [6.45, 7) is 3.73. The Hall–Kier alpha value is -1.80. The zero-order valence-electron chi connectivity index (χ0n) is 10.1. The highest BCUT2D eigenvalue weighted by molar-refractivity contribution is 7.09. The minimum absolute atomic E-state index is 0.0883. The molecule has 1 N–H and O–H groups in total. The van der Waals surface area contributed by atoms with Gasteiger partial charge in [0.1, 0.15) is 11.3 Å². The van der Waals surface area contributed by atoms with Crippen LogP contribution in [-0.2, 0) is 0 Å². The first kappa shape index (κ1) is 13.6. The van der Waals surface area contributed by atoms with Gasteiger partial charge in [-0.3, -0.25) is 10.1 Å². The summed E-state index contributed by atoms with van der Waals surface area (Å²) in [6, 6.07) is -0.205. The van der Waals surface area contributed by atoms with E-state index >= 15 is 0 Å². The van der Waals surface area contributed by atoms with E-state index in [4.69, 9.17) is 11.6 Å². The lowest BCUT2D eigenvalue weighted by Gasteiger charge is -2.11. The first-order valence-electron chi connectivity index (χ1n) is 5.32. The van der Waals surface area contributed by atoms with Crippen LogP contribution in [-0.4, -0.2) is 19.9 Å². The number of aryl methyl sites for hydroxylation is 1. The molecule has 0 aliphatic heterocycles. The van der Waals surface area contributed by atoms with Gasteiger partial charge in [0, 0.05) is 11.1 Å². The third-order valence-corrected chi connectivity index (χ3v) is 3.74. The summed E-state index contributed by atoms with van der Waals surface area (Å²) in [5.74, 6) is 0.0883. The molecule has 0 aromatic carbocycles. The van der Waals surface area contributed by atoms with Gasteiger partial charge in [0.25, 0.3) is 0 Å². The normalized spacial score (nSPS) is 12.2. The Kier molecular flexibility index (Phi) is 3.91. The van der Waals surface area contributed by atoms with Crippen LogP contribution in [0.15, 0.2) is 11.7 Å². The maximum Gasteiger partial charge on any atom is 0.348 e. The largest absolute Gasteiger partial charge is 0.355 e. The van der Waals surface area contributed by atoms with Crippen LogP contribution in [0.1, 0.15) is 23.7 Å². The standard InChI is InChI=1S/C10H10ClN5O2S/c1-5-3-19-10(14-5)6(2)15-9-7(16(17)18)8(11)12-4-13-9/h3-4,6H,1-2H3,(H,12,13,15). The Balaban J connectivity index is 2.28. The highest BCUT2D eigenvalue weighted by Gasteiger charge is 2.23. The van der Waals surface area contributed by atoms with Gasteiger partial charge in [-0.25, -0.2) is 15.0 Å². The number of nitro groups is 1. The van der Waals surface area contributed by atoms with Crippen molar-refractivity contribution in [1.29, 1.82) is 0 Å². The fourth-order valence-electron chi connectivity index (χ4n) is 1.46. The Morgan fingerprint density at radius 1 is 1.53 bits per heavy atom. The highest BCUT2D eigenvalue weighted by Crippen LogP contribution is 2.31. The van der Waals surface area contributed by atoms with E-state index < -0.39 is 4.92 Å². The number of thiazole rings is 1. The summed E-state index contributed by atoms with van der Waals surface area (Å²) in [4.78, 5) is 22.1. The number of hydrogen-bond acceptors (Lipinski definition) is 7. The summed E-state index contributed by atoms with van der Waals surface area (Å²) < 4.78 is 0. The molecule has 0 aliphatic carbocycles. The summed E-state index contributed by atoms with van der Waals surface area (Å²) >= 11 is 7.19. The molecule has 0 saturated carbocycles. The van der Waals surface area contributed by atoms with E-state index in [0.29, 0.717) is 0 Å². The molecular formula is C10H10ClN5O2S. The molecule has 0 fully saturated rings. The van der Waals surface area contributed by atoms with Crippen LogP contribution in [0.4, 0.5) is 11.5 Å². The Morgan fingerprint density at radius 2 is 2.26 bits per heavy atom. The summed E-state index contributed by atoms with van der Waals surface area (Å²) in [5.41, 5.74) is 0.577. The predicted molar refractivity (Wildman–Crippen MR) is 72.6 cm³/mol. The third kappa shape index (κ3) is 2.96. The maximum absolute atomic E-state index is 11.0. The molecule has 9 heteroatoms. The first-order chi connectivity index (χ1) is 8.99. The molecule has 0 bridgehead atoms. The smallest absolute Gasteiger partial charge is 0.348 e. The van der Waals surface area contributed by atoms with Crippen LogP contribution in [0.2, 0.25) is 5.15 Å². The number of nitrogens with zero attached hydrogens (tertiary/aromatic N) is 4. The Bertz CT molecular complexity index is 618. The Labute approximate surface area is 117 Å². The maximum atomic E-state index is 11.0. The lowest BCUT2D eigenvalue weighted by atomic mass is 10.3. The molecule has 2 heterocycles. The molecular weight excluding hydrogens is 290 g/mol. The van der Waals surface area contributed by atoms with E-state index in [2.05, 4.69) is 20.3 Å². The van der Waals surface area contributed by atoms with Crippen LogP contribution in [0.5, 0.6) is 0 Å². The molecule has 19 heavy (non-hydrogen) atoms. The predicted octanol–water partition coefficient (Wildman–Crippen LogP) is 2.98. The van der Waals surface area contributed by atoms with Crippen LogP contribution in [0.3, 0.4) is 0 Å². The molecule has 2 aromatic rings. The second-order valence-corrected chi connectivity index (χ2v) is 5.06. The molecule has 0 spiro atoms. The van der Waals surface area contributed by atoms with Gasteiger partial charge in [0.05, 0.1) is 11.0 Å². The molecule has 2 rings (SSSR count). The van der Waals surface area contributed by atoms with Gasteiger partial charge >= 0.3 is 5.69 Å². The van der Waals surface area contributed by atoms with E-state index in [-0.39, 0.29) is 22.7 Å². The number of hydrogen-bond donors (Lipinski definition) is 1. The second-order valence-electron chi connectivity index (χ2n) is 3.81. The molecule has 0 aliphatic rings. The van der Waals surface area contributed by atoms with E-state index in [1.807, 2.05) is 19.2 Å². The monoisotopic (exact) mass is 299 g/mol. The van der Waals surface area contributed by atoms with Crippen LogP contribution >= 0.6 is 22.9 Å². The van der Waals surface area contributed by atoms with Crippen molar-refractivity contribution >= 4 is 34.4 Å². The van der Waals surface area contributed by atoms with Gasteiger partial charge in [-0.15, -0.1) is 11.3 Å². The van der Waals surface area contributed by atoms with E-state index in [0.717, 1.165) is 10.7 Å². The van der Waals surface area contributed by atoms with E-state index in [1.54, 1.807) is 0 Å². The number of anilines is 1. The summed E-state index contributed by atoms with van der Waals surface area (Å²) in [7, 11) is 0. The zero-order valence-corrected chi connectivity index (χ0v) is 11.7. The minimum atomic E-state index is -0.607. The minimum Gasteiger partial charge on any atom is -0.355 e. The van der Waals surface area contributed by atoms with Crippen molar-refractivity contribution in [3.8, 4) is 0 Å². The van der Waals surface area contributed by atoms with Crippen LogP contribution in [0.25, 0.3) is 0 Å². The molecule has 2 aromatic heterocycles. The van der Waals surface area contributed by atoms with Crippen molar-refractivity contribution in [1.82, 2.24) is 15.0 Å². The number of halogens is 1. The number of nitrogens with one attached hydrogen (secondary N) is 1. The van der Waals surface area contributed by atoms with E-state index in [1.165, 1.54) is 17.7 Å². The van der Waals surface area contributed by atoms with Gasteiger partial charge in [-0.1, -0.05) is 11.6 Å². The fourth-order valence-corrected chi connectivity index (χ4v) is 2.47. The quantitative estimate of drug-likeness (QED) is 0.530. The zero-order chi connectivity index (χ0) is 14.0. The number of aromatic nitrogens is 3. The van der Waals surface area contributed by atoms with Crippen molar-refractivity contribution < 1.29 is 4.92 Å². The fraction of sp³-hybridized carbons (Fsp3) is 0.300. The lowest BCUT2D eigenvalue weighted by molar-refractivity contribution is -0.384. The van der Waals surface area contributed by atoms with Crippen molar-refractivity contribution in [3.63, 3.8) is 0 Å². The molecule has 0 radical (unpaired) electrons. The highest BCUT2D eigenvalue weighted by atomic mass is 35.5. The molecule has 1 unspecified atom stereocenters. The molecule has 0 amide bonds. The number of rotatable bonds is 4. The molecule has 7 nitrogen and oxygen atoms in total.